The molecule has 0 radical (unpaired) electrons. The predicted molar refractivity (Wildman–Crippen MR) is 98.1 cm³/mol. The van der Waals surface area contributed by atoms with Gasteiger partial charge in [0, 0.05) is 31.9 Å². The first-order valence-electron chi connectivity index (χ1n) is 9.64. The number of nitrogens with zero attached hydrogens (tertiary/aromatic N) is 3. The molecule has 2 aliphatic rings. The van der Waals surface area contributed by atoms with Crippen LogP contribution in [0.15, 0.2) is 24.4 Å². The smallest absolute Gasteiger partial charge is 0.251 e. The highest BCUT2D eigenvalue weighted by Crippen LogP contribution is 2.29. The summed E-state index contributed by atoms with van der Waals surface area (Å²) in [4.78, 5) is 21.4. The van der Waals surface area contributed by atoms with Gasteiger partial charge in [-0.2, -0.15) is 0 Å². The minimum atomic E-state index is -0.302. The molecule has 1 saturated carbocycles. The van der Waals surface area contributed by atoms with Gasteiger partial charge in [0.1, 0.15) is 6.10 Å². The van der Waals surface area contributed by atoms with Crippen molar-refractivity contribution in [2.45, 2.75) is 57.7 Å². The summed E-state index contributed by atoms with van der Waals surface area (Å²) in [6, 6.07) is 6.56. The predicted octanol–water partition coefficient (Wildman–Crippen LogP) is 2.71. The van der Waals surface area contributed by atoms with Crippen molar-refractivity contribution in [1.29, 1.82) is 0 Å². The second-order valence-electron chi connectivity index (χ2n) is 7.57. The Kier molecular flexibility index (Phi) is 6.43. The highest BCUT2D eigenvalue weighted by Gasteiger charge is 2.28. The molecule has 0 unspecified atom stereocenters. The Morgan fingerprint density at radius 3 is 2.88 bits per heavy atom. The molecule has 2 atom stereocenters. The molecule has 0 N–H and O–H groups in total. The van der Waals surface area contributed by atoms with Crippen molar-refractivity contribution >= 4 is 5.91 Å². The summed E-state index contributed by atoms with van der Waals surface area (Å²) in [6.07, 6.45) is 7.26. The van der Waals surface area contributed by atoms with Crippen LogP contribution >= 0.6 is 0 Å². The number of pyridine rings is 1. The van der Waals surface area contributed by atoms with E-state index in [1.165, 1.54) is 12.8 Å². The Morgan fingerprint density at radius 2 is 2.16 bits per heavy atom. The fraction of sp³-hybridized carbons (Fsp3) is 0.700. The number of carbonyl (C=O) groups is 1. The van der Waals surface area contributed by atoms with Crippen LogP contribution in [-0.2, 0) is 16.1 Å². The quantitative estimate of drug-likeness (QED) is 0.762. The van der Waals surface area contributed by atoms with Crippen LogP contribution in [0.25, 0.3) is 0 Å². The van der Waals surface area contributed by atoms with Crippen molar-refractivity contribution in [2.75, 3.05) is 26.7 Å². The lowest BCUT2D eigenvalue weighted by Gasteiger charge is -2.27. The third kappa shape index (κ3) is 5.51. The molecule has 5 nitrogen and oxygen atoms in total. The largest absolute Gasteiger partial charge is 0.368 e. The number of rotatable bonds is 7. The summed E-state index contributed by atoms with van der Waals surface area (Å²) in [6.45, 7) is 5.19. The molecule has 1 aliphatic carbocycles. The van der Waals surface area contributed by atoms with Crippen LogP contribution < -0.4 is 0 Å². The van der Waals surface area contributed by atoms with Crippen molar-refractivity contribution in [3.63, 3.8) is 0 Å². The molecule has 138 valence electrons. The van der Waals surface area contributed by atoms with Gasteiger partial charge in [-0.1, -0.05) is 6.07 Å². The minimum Gasteiger partial charge on any atom is -0.368 e. The molecule has 2 heterocycles. The lowest BCUT2D eigenvalue weighted by atomic mass is 10.1. The van der Waals surface area contributed by atoms with Crippen molar-refractivity contribution < 1.29 is 9.53 Å². The zero-order valence-corrected chi connectivity index (χ0v) is 15.6. The van der Waals surface area contributed by atoms with Gasteiger partial charge in [0.15, 0.2) is 0 Å². The minimum absolute atomic E-state index is 0.161. The molecule has 5 heteroatoms. The van der Waals surface area contributed by atoms with Crippen molar-refractivity contribution in [3.8, 4) is 0 Å². The Hall–Kier alpha value is -1.46. The van der Waals surface area contributed by atoms with Crippen molar-refractivity contribution in [3.05, 3.63) is 30.1 Å². The number of amides is 1. The standard InChI is InChI=1S/C20H31N3O2/c1-16(25-15-17-8-9-17)20(24)23-12-5-7-19(10-13-23)22(2)14-18-6-3-4-11-21-18/h3-4,6,11,16-17,19H,5,7-10,12-15H2,1-2H3/t16-,19-/m0/s1. The molecule has 1 saturated heterocycles. The molecule has 0 bridgehead atoms. The van der Waals surface area contributed by atoms with E-state index in [0.717, 1.165) is 51.2 Å². The van der Waals surface area contributed by atoms with E-state index in [-0.39, 0.29) is 12.0 Å². The van der Waals surface area contributed by atoms with E-state index >= 15 is 0 Å². The fourth-order valence-corrected chi connectivity index (χ4v) is 3.51. The molecule has 25 heavy (non-hydrogen) atoms. The average molecular weight is 345 g/mol. The summed E-state index contributed by atoms with van der Waals surface area (Å²) in [7, 11) is 2.16. The number of hydrogen-bond acceptors (Lipinski definition) is 4. The summed E-state index contributed by atoms with van der Waals surface area (Å²) in [5.74, 6) is 0.859. The third-order valence-corrected chi connectivity index (χ3v) is 5.40. The van der Waals surface area contributed by atoms with E-state index in [9.17, 15) is 4.79 Å². The molecule has 1 amide bonds. The maximum absolute atomic E-state index is 12.6. The van der Waals surface area contributed by atoms with Gasteiger partial charge in [0.2, 0.25) is 0 Å². The second kappa shape index (κ2) is 8.77. The van der Waals surface area contributed by atoms with E-state index in [1.807, 2.05) is 30.2 Å². The summed E-state index contributed by atoms with van der Waals surface area (Å²) in [5.41, 5.74) is 1.10. The topological polar surface area (TPSA) is 45.7 Å². The number of aromatic nitrogens is 1. The highest BCUT2D eigenvalue weighted by molar-refractivity contribution is 5.80. The van der Waals surface area contributed by atoms with Gasteiger partial charge in [-0.05, 0) is 64.1 Å². The fourth-order valence-electron chi connectivity index (χ4n) is 3.51. The molecule has 3 rings (SSSR count). The molecule has 1 aromatic rings. The van der Waals surface area contributed by atoms with E-state index in [4.69, 9.17) is 4.74 Å². The normalized spacial score (nSPS) is 22.7. The van der Waals surface area contributed by atoms with Gasteiger partial charge in [-0.25, -0.2) is 0 Å². The second-order valence-corrected chi connectivity index (χ2v) is 7.57. The Bertz CT molecular complexity index is 547. The molecule has 0 aromatic carbocycles. The lowest BCUT2D eigenvalue weighted by Crippen LogP contribution is -2.40. The molecule has 1 aliphatic heterocycles. The SMILES string of the molecule is C[C@H](OCC1CC1)C(=O)N1CCC[C@H](N(C)Cc2ccccn2)CC1. The van der Waals surface area contributed by atoms with E-state index in [0.29, 0.717) is 12.0 Å². The molecule has 1 aromatic heterocycles. The maximum atomic E-state index is 12.6. The highest BCUT2D eigenvalue weighted by atomic mass is 16.5. The lowest BCUT2D eigenvalue weighted by molar-refractivity contribution is -0.142. The monoisotopic (exact) mass is 345 g/mol. The van der Waals surface area contributed by atoms with Crippen LogP contribution in [0, 0.1) is 5.92 Å². The Balaban J connectivity index is 1.46. The Labute approximate surface area is 151 Å². The molecule has 2 fully saturated rings. The molecular formula is C20H31N3O2. The van der Waals surface area contributed by atoms with Crippen LogP contribution in [0.3, 0.4) is 0 Å². The van der Waals surface area contributed by atoms with E-state index in [2.05, 4.69) is 23.0 Å². The first-order chi connectivity index (χ1) is 12.1. The van der Waals surface area contributed by atoms with Gasteiger partial charge in [0.25, 0.3) is 5.91 Å². The van der Waals surface area contributed by atoms with Crippen molar-refractivity contribution in [2.24, 2.45) is 5.92 Å². The van der Waals surface area contributed by atoms with Gasteiger partial charge < -0.3 is 9.64 Å². The maximum Gasteiger partial charge on any atom is 0.251 e. The van der Waals surface area contributed by atoms with Crippen LogP contribution in [0.5, 0.6) is 0 Å². The first kappa shape index (κ1) is 18.3. The van der Waals surface area contributed by atoms with Crippen LogP contribution in [0.4, 0.5) is 0 Å². The van der Waals surface area contributed by atoms with Crippen LogP contribution in [0.1, 0.15) is 44.7 Å². The zero-order valence-electron chi connectivity index (χ0n) is 15.6. The van der Waals surface area contributed by atoms with Crippen LogP contribution in [0.2, 0.25) is 0 Å². The summed E-state index contributed by atoms with van der Waals surface area (Å²) >= 11 is 0. The van der Waals surface area contributed by atoms with Crippen LogP contribution in [-0.4, -0.2) is 59.6 Å². The third-order valence-electron chi connectivity index (χ3n) is 5.40. The molecular weight excluding hydrogens is 314 g/mol. The van der Waals surface area contributed by atoms with Gasteiger partial charge >= 0.3 is 0 Å². The van der Waals surface area contributed by atoms with Crippen molar-refractivity contribution in [1.82, 2.24) is 14.8 Å². The average Bonchev–Trinajstić information content (AvgIpc) is 3.46. The summed E-state index contributed by atoms with van der Waals surface area (Å²) in [5, 5.41) is 0. The zero-order chi connectivity index (χ0) is 17.6. The van der Waals surface area contributed by atoms with E-state index < -0.39 is 0 Å². The Morgan fingerprint density at radius 1 is 1.32 bits per heavy atom. The molecule has 0 spiro atoms. The number of likely N-dealkylation sites (tertiary alicyclic amines) is 1. The number of hydrogen-bond donors (Lipinski definition) is 0. The van der Waals surface area contributed by atoms with E-state index in [1.54, 1.807) is 0 Å². The van der Waals surface area contributed by atoms with Gasteiger partial charge in [0.05, 0.1) is 12.3 Å². The first-order valence-corrected chi connectivity index (χ1v) is 9.64. The van der Waals surface area contributed by atoms with Gasteiger partial charge in [-0.15, -0.1) is 0 Å². The van der Waals surface area contributed by atoms with Gasteiger partial charge in [-0.3, -0.25) is 14.7 Å². The summed E-state index contributed by atoms with van der Waals surface area (Å²) < 4.78 is 5.77. The number of carbonyl (C=O) groups excluding carboxylic acids is 1. The number of ether oxygens (including phenoxy) is 1.